The topological polar surface area (TPSA) is 82.1 Å². The average molecular weight is 428 g/mol. The Kier molecular flexibility index (Phi) is 6.05. The number of aromatic amines is 1. The summed E-state index contributed by atoms with van der Waals surface area (Å²) in [5.41, 5.74) is 3.45. The van der Waals surface area contributed by atoms with Crippen LogP contribution >= 0.6 is 0 Å². The molecule has 1 saturated heterocycles. The number of carbonyl (C=O) groups excluding carboxylic acids is 2. The number of ketones is 1. The van der Waals surface area contributed by atoms with Gasteiger partial charge in [0.1, 0.15) is 6.04 Å². The van der Waals surface area contributed by atoms with Crippen molar-refractivity contribution in [3.8, 4) is 11.5 Å². The molecule has 0 amide bonds. The number of hydrogen-bond acceptors (Lipinski definition) is 5. The number of nitrogens with one attached hydrogen (secondary N) is 2. The Morgan fingerprint density at radius 2 is 1.90 bits per heavy atom. The Morgan fingerprint density at radius 1 is 1.16 bits per heavy atom. The molecule has 1 fully saturated rings. The minimum atomic E-state index is -0.420. The van der Waals surface area contributed by atoms with E-state index in [0.29, 0.717) is 35.7 Å². The van der Waals surface area contributed by atoms with Gasteiger partial charge < -0.3 is 24.1 Å². The predicted molar refractivity (Wildman–Crippen MR) is 115 cm³/mol. The van der Waals surface area contributed by atoms with Crippen molar-refractivity contribution in [1.82, 2.24) is 4.98 Å². The van der Waals surface area contributed by atoms with Gasteiger partial charge in [-0.05, 0) is 44.5 Å². The summed E-state index contributed by atoms with van der Waals surface area (Å²) >= 11 is 0. The number of Topliss-reactive ketones (excluding diaryl/α,β-unsaturated/α-hetero) is 1. The summed E-state index contributed by atoms with van der Waals surface area (Å²) in [6.45, 7) is 7.82. The van der Waals surface area contributed by atoms with Gasteiger partial charge >= 0.3 is 5.97 Å². The molecule has 2 aliphatic rings. The van der Waals surface area contributed by atoms with Crippen molar-refractivity contribution in [3.05, 3.63) is 46.3 Å². The van der Waals surface area contributed by atoms with Crippen molar-refractivity contribution in [1.29, 1.82) is 0 Å². The number of H-pyrrole nitrogens is 1. The van der Waals surface area contributed by atoms with E-state index in [4.69, 9.17) is 14.2 Å². The third kappa shape index (κ3) is 3.94. The van der Waals surface area contributed by atoms with E-state index in [2.05, 4.69) is 17.1 Å². The highest BCUT2D eigenvalue weighted by molar-refractivity contribution is 6.03. The molecule has 2 aliphatic heterocycles. The van der Waals surface area contributed by atoms with Crippen LogP contribution in [0.5, 0.6) is 11.5 Å². The minimum Gasteiger partial charge on any atom is -0.490 e. The fourth-order valence-electron chi connectivity index (χ4n) is 4.96. The number of aryl methyl sites for hydroxylation is 1. The number of hydrogen-bond donors (Lipinski definition) is 2. The highest BCUT2D eigenvalue weighted by Gasteiger charge is 2.39. The molecule has 2 aromatic rings. The molecule has 1 unspecified atom stereocenters. The second-order valence-corrected chi connectivity index (χ2v) is 8.48. The number of likely N-dealkylation sites (tertiary alicyclic amines) is 1. The number of carbonyl (C=O) groups is 2. The van der Waals surface area contributed by atoms with E-state index in [1.165, 1.54) is 17.6 Å². The first-order valence-electron chi connectivity index (χ1n) is 11.0. The first-order valence-corrected chi connectivity index (χ1v) is 11.0. The predicted octanol–water partition coefficient (Wildman–Crippen LogP) is 2.57. The first kappa shape index (κ1) is 21.4. The summed E-state index contributed by atoms with van der Waals surface area (Å²) in [4.78, 5) is 29.9. The highest BCUT2D eigenvalue weighted by Crippen LogP contribution is 2.33. The van der Waals surface area contributed by atoms with Crippen LogP contribution in [0.15, 0.2) is 18.2 Å². The molecule has 0 saturated carbocycles. The number of ether oxygens (including phenoxy) is 3. The van der Waals surface area contributed by atoms with Crippen molar-refractivity contribution in [3.63, 3.8) is 0 Å². The van der Waals surface area contributed by atoms with Crippen molar-refractivity contribution >= 4 is 11.8 Å². The number of rotatable bonds is 5. The molecule has 0 bridgehead atoms. The molecule has 7 nitrogen and oxygen atoms in total. The zero-order valence-electron chi connectivity index (χ0n) is 18.7. The summed E-state index contributed by atoms with van der Waals surface area (Å²) < 4.78 is 16.5. The van der Waals surface area contributed by atoms with Crippen LogP contribution in [-0.4, -0.2) is 49.6 Å². The fraction of sp³-hybridized carbons (Fsp3) is 0.500. The summed E-state index contributed by atoms with van der Waals surface area (Å²) in [5, 5.41) is 0. The average Bonchev–Trinajstić information content (AvgIpc) is 3.28. The van der Waals surface area contributed by atoms with Crippen LogP contribution in [0.3, 0.4) is 0 Å². The number of quaternary nitrogens is 1. The molecule has 7 heteroatoms. The lowest BCUT2D eigenvalue weighted by molar-refractivity contribution is -0.931. The quantitative estimate of drug-likeness (QED) is 0.566. The van der Waals surface area contributed by atoms with Gasteiger partial charge in [0.25, 0.3) is 0 Å². The summed E-state index contributed by atoms with van der Waals surface area (Å²) in [7, 11) is 1.35. The van der Waals surface area contributed by atoms with E-state index in [9.17, 15) is 9.59 Å². The minimum absolute atomic E-state index is 0.0204. The van der Waals surface area contributed by atoms with Crippen molar-refractivity contribution in [2.75, 3.05) is 26.9 Å². The highest BCUT2D eigenvalue weighted by atomic mass is 16.5. The van der Waals surface area contributed by atoms with Gasteiger partial charge in [-0.2, -0.15) is 0 Å². The normalized spacial score (nSPS) is 21.4. The molecule has 1 aromatic carbocycles. The second kappa shape index (κ2) is 8.75. The molecule has 3 heterocycles. The Bertz CT molecular complexity index is 996. The number of esters is 1. The first-order chi connectivity index (χ1) is 14.9. The molecule has 1 aromatic heterocycles. The lowest BCUT2D eigenvalue weighted by Crippen LogP contribution is -3.14. The van der Waals surface area contributed by atoms with Gasteiger partial charge in [-0.1, -0.05) is 0 Å². The van der Waals surface area contributed by atoms with E-state index >= 15 is 0 Å². The lowest BCUT2D eigenvalue weighted by Gasteiger charge is -2.27. The Hall–Kier alpha value is -2.80. The molecule has 0 radical (unpaired) electrons. The Morgan fingerprint density at radius 3 is 2.65 bits per heavy atom. The molecule has 31 heavy (non-hydrogen) atoms. The zero-order valence-corrected chi connectivity index (χ0v) is 18.7. The van der Waals surface area contributed by atoms with Crippen LogP contribution in [0.25, 0.3) is 0 Å². The van der Waals surface area contributed by atoms with Gasteiger partial charge in [0.2, 0.25) is 5.78 Å². The molecule has 2 N–H and O–H groups in total. The van der Waals surface area contributed by atoms with Crippen molar-refractivity contribution < 1.29 is 28.7 Å². The molecule has 3 atom stereocenters. The van der Waals surface area contributed by atoms with Gasteiger partial charge in [0, 0.05) is 30.5 Å². The van der Waals surface area contributed by atoms with Crippen molar-refractivity contribution in [2.24, 2.45) is 0 Å². The fourth-order valence-corrected chi connectivity index (χ4v) is 4.96. The maximum atomic E-state index is 13.4. The molecule has 4 rings (SSSR count). The van der Waals surface area contributed by atoms with Gasteiger partial charge in [0.15, 0.2) is 17.5 Å². The third-order valence-corrected chi connectivity index (χ3v) is 6.60. The largest absolute Gasteiger partial charge is 0.490 e. The Labute approximate surface area is 182 Å². The zero-order chi connectivity index (χ0) is 22.1. The van der Waals surface area contributed by atoms with E-state index in [1.54, 1.807) is 13.8 Å². The van der Waals surface area contributed by atoms with E-state index in [-0.39, 0.29) is 17.9 Å². The van der Waals surface area contributed by atoms with Gasteiger partial charge in [-0.25, -0.2) is 4.79 Å². The van der Waals surface area contributed by atoms with E-state index < -0.39 is 5.97 Å². The second-order valence-electron chi connectivity index (χ2n) is 8.48. The molecule has 0 aliphatic carbocycles. The lowest BCUT2D eigenvalue weighted by atomic mass is 10.00. The van der Waals surface area contributed by atoms with Crippen LogP contribution in [0, 0.1) is 13.8 Å². The number of methoxy groups -OCH3 is 1. The molecular weight excluding hydrogens is 396 g/mol. The number of fused-ring (bicyclic) bond motifs is 1. The van der Waals surface area contributed by atoms with E-state index in [0.717, 1.165) is 37.3 Å². The molecule has 166 valence electrons. The summed E-state index contributed by atoms with van der Waals surface area (Å²) in [6, 6.07) is 6.13. The van der Waals surface area contributed by atoms with Crippen molar-refractivity contribution in [2.45, 2.75) is 52.1 Å². The van der Waals surface area contributed by atoms with Gasteiger partial charge in [0.05, 0.1) is 38.1 Å². The van der Waals surface area contributed by atoms with Crippen LogP contribution < -0.4 is 14.4 Å². The maximum Gasteiger partial charge on any atom is 0.339 e. The van der Waals surface area contributed by atoms with Crippen LogP contribution in [-0.2, 0) is 4.74 Å². The van der Waals surface area contributed by atoms with Gasteiger partial charge in [-0.3, -0.25) is 4.79 Å². The SMILES string of the molecule is COC(=O)c1c(C)[nH]c(C(=O)[C@@H](C)[NH+]2CCC[C@@H]2c2ccc3c(c2)OCCCO3)c1C. The van der Waals surface area contributed by atoms with Crippen LogP contribution in [0.2, 0.25) is 0 Å². The van der Waals surface area contributed by atoms with Gasteiger partial charge in [-0.15, -0.1) is 0 Å². The summed E-state index contributed by atoms with van der Waals surface area (Å²) in [6.07, 6.45) is 2.95. The third-order valence-electron chi connectivity index (χ3n) is 6.60. The summed E-state index contributed by atoms with van der Waals surface area (Å²) in [5.74, 6) is 1.18. The smallest absolute Gasteiger partial charge is 0.339 e. The number of aromatic nitrogens is 1. The maximum absolute atomic E-state index is 13.4. The molecular formula is C24H31N2O5+. The number of benzene rings is 1. The van der Waals surface area contributed by atoms with Crippen LogP contribution in [0.1, 0.15) is 69.9 Å². The Balaban J connectivity index is 1.59. The van der Waals surface area contributed by atoms with E-state index in [1.807, 2.05) is 13.0 Å². The monoisotopic (exact) mass is 427 g/mol. The standard InChI is InChI=1S/C24H30N2O5/c1-14-21(24(28)29-4)15(2)25-22(14)23(27)16(3)26-10-5-7-18(26)17-8-9-19-20(13-17)31-12-6-11-30-19/h8-9,13,16,18,25H,5-7,10-12H2,1-4H3/p+1/t16-,18-/m1/s1. The van der Waals surface area contributed by atoms with Crippen LogP contribution in [0.4, 0.5) is 0 Å². The molecule has 0 spiro atoms.